The Bertz CT molecular complexity index is 538. The minimum atomic E-state index is -0.471. The van der Waals surface area contributed by atoms with Crippen molar-refractivity contribution in [2.75, 3.05) is 7.11 Å². The standard InChI is InChI=1S/C9H6BrClN2O2/c1-15-9(14)4-3-7-5(2-6(4)11)8(10)13-12-7/h2-3H,1H3,(H,12,13). The Morgan fingerprint density at radius 3 is 3.00 bits per heavy atom. The Kier molecular flexibility index (Phi) is 2.67. The van der Waals surface area contributed by atoms with Crippen molar-refractivity contribution in [2.24, 2.45) is 0 Å². The van der Waals surface area contributed by atoms with Crippen LogP contribution in [-0.2, 0) is 4.74 Å². The summed E-state index contributed by atoms with van der Waals surface area (Å²) >= 11 is 9.23. The van der Waals surface area contributed by atoms with Gasteiger partial charge in [-0.3, -0.25) is 5.10 Å². The number of fused-ring (bicyclic) bond motifs is 1. The van der Waals surface area contributed by atoms with Crippen molar-refractivity contribution in [2.45, 2.75) is 0 Å². The van der Waals surface area contributed by atoms with Gasteiger partial charge in [-0.2, -0.15) is 5.10 Å². The van der Waals surface area contributed by atoms with Gasteiger partial charge in [-0.1, -0.05) is 11.6 Å². The first-order valence-corrected chi connectivity index (χ1v) is 5.22. The minimum Gasteiger partial charge on any atom is -0.465 e. The van der Waals surface area contributed by atoms with Crippen molar-refractivity contribution < 1.29 is 9.53 Å². The fourth-order valence-corrected chi connectivity index (χ4v) is 1.91. The predicted molar refractivity (Wildman–Crippen MR) is 60.1 cm³/mol. The van der Waals surface area contributed by atoms with Crippen LogP contribution < -0.4 is 0 Å². The molecule has 0 fully saturated rings. The topological polar surface area (TPSA) is 55.0 Å². The Morgan fingerprint density at radius 2 is 2.33 bits per heavy atom. The predicted octanol–water partition coefficient (Wildman–Crippen LogP) is 2.77. The molecule has 0 aliphatic heterocycles. The van der Waals surface area contributed by atoms with E-state index in [0.717, 1.165) is 9.99 Å². The van der Waals surface area contributed by atoms with Gasteiger partial charge in [-0.15, -0.1) is 0 Å². The van der Waals surface area contributed by atoms with Crippen LogP contribution in [0.4, 0.5) is 0 Å². The largest absolute Gasteiger partial charge is 0.465 e. The number of rotatable bonds is 1. The SMILES string of the molecule is COC(=O)c1cc2n[nH]c(Br)c2cc1Cl. The number of halogens is 2. The molecule has 15 heavy (non-hydrogen) atoms. The quantitative estimate of drug-likeness (QED) is 0.821. The molecule has 1 N–H and O–H groups in total. The van der Waals surface area contributed by atoms with Crippen molar-refractivity contribution in [1.82, 2.24) is 10.2 Å². The van der Waals surface area contributed by atoms with Crippen LogP contribution in [0, 0.1) is 0 Å². The molecule has 1 aromatic carbocycles. The smallest absolute Gasteiger partial charge is 0.339 e. The van der Waals surface area contributed by atoms with Crippen LogP contribution in [-0.4, -0.2) is 23.3 Å². The lowest BCUT2D eigenvalue weighted by Gasteiger charge is -2.01. The van der Waals surface area contributed by atoms with E-state index in [2.05, 4.69) is 30.9 Å². The monoisotopic (exact) mass is 288 g/mol. The van der Waals surface area contributed by atoms with Crippen molar-refractivity contribution in [3.8, 4) is 0 Å². The maximum atomic E-state index is 11.3. The molecule has 78 valence electrons. The van der Waals surface area contributed by atoms with Gasteiger partial charge in [-0.25, -0.2) is 4.79 Å². The van der Waals surface area contributed by atoms with E-state index in [1.807, 2.05) is 0 Å². The van der Waals surface area contributed by atoms with Crippen LogP contribution in [0.1, 0.15) is 10.4 Å². The first kappa shape index (κ1) is 10.4. The maximum absolute atomic E-state index is 11.3. The number of aromatic amines is 1. The first-order chi connectivity index (χ1) is 7.13. The molecule has 0 atom stereocenters. The van der Waals surface area contributed by atoms with Crippen LogP contribution in [0.5, 0.6) is 0 Å². The number of carbonyl (C=O) groups excluding carboxylic acids is 1. The number of carbonyl (C=O) groups is 1. The highest BCUT2D eigenvalue weighted by Gasteiger charge is 2.14. The summed E-state index contributed by atoms with van der Waals surface area (Å²) in [5.74, 6) is -0.471. The number of nitrogens with one attached hydrogen (secondary N) is 1. The average molecular weight is 290 g/mol. The fraction of sp³-hybridized carbons (Fsp3) is 0.111. The molecule has 0 spiro atoms. The van der Waals surface area contributed by atoms with Gasteiger partial charge in [0.05, 0.1) is 23.2 Å². The summed E-state index contributed by atoms with van der Waals surface area (Å²) in [6.07, 6.45) is 0. The molecule has 0 unspecified atom stereocenters. The van der Waals surface area contributed by atoms with E-state index in [1.165, 1.54) is 7.11 Å². The molecule has 0 amide bonds. The highest BCUT2D eigenvalue weighted by atomic mass is 79.9. The van der Waals surface area contributed by atoms with Gasteiger partial charge >= 0.3 is 5.97 Å². The molecule has 4 nitrogen and oxygen atoms in total. The van der Waals surface area contributed by atoms with Gasteiger partial charge in [0.1, 0.15) is 4.60 Å². The van der Waals surface area contributed by atoms with E-state index in [4.69, 9.17) is 11.6 Å². The molecular weight excluding hydrogens is 283 g/mol. The number of aromatic nitrogens is 2. The minimum absolute atomic E-state index is 0.311. The Hall–Kier alpha value is -1.07. The molecule has 1 aromatic heterocycles. The van der Waals surface area contributed by atoms with E-state index >= 15 is 0 Å². The van der Waals surface area contributed by atoms with Crippen LogP contribution in [0.3, 0.4) is 0 Å². The number of benzene rings is 1. The third kappa shape index (κ3) is 1.72. The first-order valence-electron chi connectivity index (χ1n) is 4.05. The summed E-state index contributed by atoms with van der Waals surface area (Å²) in [4.78, 5) is 11.3. The maximum Gasteiger partial charge on any atom is 0.339 e. The van der Waals surface area contributed by atoms with Crippen LogP contribution in [0.25, 0.3) is 10.9 Å². The van der Waals surface area contributed by atoms with Gasteiger partial charge in [-0.05, 0) is 28.1 Å². The number of hydrogen-bond acceptors (Lipinski definition) is 3. The zero-order chi connectivity index (χ0) is 11.0. The van der Waals surface area contributed by atoms with E-state index < -0.39 is 5.97 Å². The van der Waals surface area contributed by atoms with Crippen molar-refractivity contribution in [1.29, 1.82) is 0 Å². The van der Waals surface area contributed by atoms with Gasteiger partial charge in [0.2, 0.25) is 0 Å². The number of hydrogen-bond donors (Lipinski definition) is 1. The molecule has 0 bridgehead atoms. The van der Waals surface area contributed by atoms with Gasteiger partial charge in [0, 0.05) is 5.39 Å². The summed E-state index contributed by atoms with van der Waals surface area (Å²) in [5, 5.41) is 7.91. The lowest BCUT2D eigenvalue weighted by Crippen LogP contribution is -2.01. The highest BCUT2D eigenvalue weighted by Crippen LogP contribution is 2.27. The highest BCUT2D eigenvalue weighted by molar-refractivity contribution is 9.10. The van der Waals surface area contributed by atoms with Crippen LogP contribution in [0.2, 0.25) is 5.02 Å². The average Bonchev–Trinajstić information content (AvgIpc) is 2.58. The van der Waals surface area contributed by atoms with Crippen molar-refractivity contribution >= 4 is 44.4 Å². The zero-order valence-corrected chi connectivity index (χ0v) is 10.0. The number of H-pyrrole nitrogens is 1. The second kappa shape index (κ2) is 3.83. The molecule has 0 saturated carbocycles. The molecule has 1 heterocycles. The van der Waals surface area contributed by atoms with Gasteiger partial charge in [0.15, 0.2) is 0 Å². The summed E-state index contributed by atoms with van der Waals surface area (Å²) in [7, 11) is 1.31. The molecule has 0 aliphatic rings. The summed E-state index contributed by atoms with van der Waals surface area (Å²) in [5.41, 5.74) is 0.970. The molecule has 0 aliphatic carbocycles. The van der Waals surface area contributed by atoms with E-state index in [9.17, 15) is 4.79 Å². The summed E-state index contributed by atoms with van der Waals surface area (Å²) in [6.45, 7) is 0. The van der Waals surface area contributed by atoms with E-state index in [-0.39, 0.29) is 0 Å². The number of esters is 1. The molecule has 2 rings (SSSR count). The lowest BCUT2D eigenvalue weighted by molar-refractivity contribution is 0.0601. The number of nitrogens with zero attached hydrogens (tertiary/aromatic N) is 1. The van der Waals surface area contributed by atoms with Crippen molar-refractivity contribution in [3.05, 3.63) is 27.3 Å². The molecule has 0 radical (unpaired) electrons. The van der Waals surface area contributed by atoms with Crippen LogP contribution >= 0.6 is 27.5 Å². The Labute approximate surface area is 98.7 Å². The number of ether oxygens (including phenoxy) is 1. The molecule has 0 saturated heterocycles. The zero-order valence-electron chi connectivity index (χ0n) is 7.67. The fourth-order valence-electron chi connectivity index (χ4n) is 1.27. The van der Waals surface area contributed by atoms with E-state index in [0.29, 0.717) is 16.1 Å². The Balaban J connectivity index is 2.68. The van der Waals surface area contributed by atoms with Crippen LogP contribution in [0.15, 0.2) is 16.7 Å². The van der Waals surface area contributed by atoms with Gasteiger partial charge in [0.25, 0.3) is 0 Å². The third-order valence-electron chi connectivity index (χ3n) is 2.00. The third-order valence-corrected chi connectivity index (χ3v) is 2.92. The van der Waals surface area contributed by atoms with Crippen molar-refractivity contribution in [3.63, 3.8) is 0 Å². The second-order valence-electron chi connectivity index (χ2n) is 2.88. The lowest BCUT2D eigenvalue weighted by atomic mass is 10.2. The summed E-state index contributed by atoms with van der Waals surface area (Å²) in [6, 6.07) is 3.25. The molecular formula is C9H6BrClN2O2. The second-order valence-corrected chi connectivity index (χ2v) is 4.08. The normalized spacial score (nSPS) is 10.6. The van der Waals surface area contributed by atoms with E-state index in [1.54, 1.807) is 12.1 Å². The van der Waals surface area contributed by atoms with Gasteiger partial charge < -0.3 is 4.74 Å². The summed E-state index contributed by atoms with van der Waals surface area (Å²) < 4.78 is 5.33. The number of methoxy groups -OCH3 is 1. The molecule has 6 heteroatoms. The Morgan fingerprint density at radius 1 is 1.60 bits per heavy atom. The molecule has 2 aromatic rings.